The van der Waals surface area contributed by atoms with Crippen LogP contribution in [0.2, 0.25) is 0 Å². The third-order valence-electron chi connectivity index (χ3n) is 4.04. The molecule has 2 aromatic heterocycles. The summed E-state index contributed by atoms with van der Waals surface area (Å²) in [5.74, 6) is 0.858. The van der Waals surface area contributed by atoms with Crippen molar-refractivity contribution in [3.05, 3.63) is 41.9 Å². The molecule has 1 saturated heterocycles. The van der Waals surface area contributed by atoms with Crippen molar-refractivity contribution in [2.75, 3.05) is 25.0 Å². The molecule has 3 heterocycles. The zero-order valence-corrected chi connectivity index (χ0v) is 13.0. The Morgan fingerprint density at radius 3 is 2.83 bits per heavy atom. The standard InChI is InChI=1S/C16H19FN4O2/c1-12-10-14(20-23-12)19-15(22)11-21-8-5-16(17,6-9-21)13-4-2-3-7-18-13/h2-4,7,10H,5-6,8-9,11H2,1H3,(H,19,20,22). The largest absolute Gasteiger partial charge is 0.360 e. The van der Waals surface area contributed by atoms with Gasteiger partial charge in [0.05, 0.1) is 12.2 Å². The molecule has 1 aliphatic rings. The summed E-state index contributed by atoms with van der Waals surface area (Å²) in [5.41, 5.74) is -0.931. The molecule has 0 radical (unpaired) electrons. The van der Waals surface area contributed by atoms with E-state index in [0.717, 1.165) is 0 Å². The fourth-order valence-electron chi connectivity index (χ4n) is 2.76. The Balaban J connectivity index is 1.52. The quantitative estimate of drug-likeness (QED) is 0.936. The number of amides is 1. The first kappa shape index (κ1) is 15.6. The van der Waals surface area contributed by atoms with Gasteiger partial charge in [-0.05, 0) is 31.9 Å². The lowest BCUT2D eigenvalue weighted by Crippen LogP contribution is -2.43. The van der Waals surface area contributed by atoms with Crippen LogP contribution in [0.4, 0.5) is 10.2 Å². The molecule has 1 amide bonds. The van der Waals surface area contributed by atoms with Gasteiger partial charge >= 0.3 is 0 Å². The van der Waals surface area contributed by atoms with Gasteiger partial charge in [0.15, 0.2) is 11.5 Å². The third kappa shape index (κ3) is 3.73. The second-order valence-corrected chi connectivity index (χ2v) is 5.83. The van der Waals surface area contributed by atoms with Crippen molar-refractivity contribution < 1.29 is 13.7 Å². The topological polar surface area (TPSA) is 71.3 Å². The monoisotopic (exact) mass is 318 g/mol. The number of carbonyl (C=O) groups is 1. The highest BCUT2D eigenvalue weighted by atomic mass is 19.1. The minimum absolute atomic E-state index is 0.178. The minimum Gasteiger partial charge on any atom is -0.360 e. The molecule has 7 heteroatoms. The van der Waals surface area contributed by atoms with E-state index in [4.69, 9.17) is 4.52 Å². The number of pyridine rings is 1. The van der Waals surface area contributed by atoms with E-state index < -0.39 is 5.67 Å². The van der Waals surface area contributed by atoms with E-state index in [2.05, 4.69) is 15.5 Å². The molecule has 0 saturated carbocycles. The highest BCUT2D eigenvalue weighted by molar-refractivity contribution is 5.91. The molecule has 0 bridgehead atoms. The zero-order valence-electron chi connectivity index (χ0n) is 13.0. The summed E-state index contributed by atoms with van der Waals surface area (Å²) in [7, 11) is 0. The smallest absolute Gasteiger partial charge is 0.239 e. The molecule has 1 aliphatic heterocycles. The van der Waals surface area contributed by atoms with Crippen LogP contribution in [-0.2, 0) is 10.5 Å². The van der Waals surface area contributed by atoms with Crippen molar-refractivity contribution in [2.24, 2.45) is 0 Å². The first-order valence-electron chi connectivity index (χ1n) is 7.61. The summed E-state index contributed by atoms with van der Waals surface area (Å²) < 4.78 is 19.8. The van der Waals surface area contributed by atoms with Gasteiger partial charge in [-0.25, -0.2) is 4.39 Å². The number of carbonyl (C=O) groups excluding carboxylic acids is 1. The summed E-state index contributed by atoms with van der Waals surface area (Å²) in [6.45, 7) is 2.99. The second-order valence-electron chi connectivity index (χ2n) is 5.83. The summed E-state index contributed by atoms with van der Waals surface area (Å²) in [6.07, 6.45) is 2.27. The van der Waals surface area contributed by atoms with Crippen LogP contribution in [0.1, 0.15) is 24.3 Å². The van der Waals surface area contributed by atoms with Gasteiger partial charge in [-0.15, -0.1) is 0 Å². The number of anilines is 1. The number of hydrogen-bond acceptors (Lipinski definition) is 5. The van der Waals surface area contributed by atoms with Gasteiger partial charge in [-0.3, -0.25) is 14.7 Å². The van der Waals surface area contributed by atoms with Crippen molar-refractivity contribution in [2.45, 2.75) is 25.4 Å². The van der Waals surface area contributed by atoms with Crippen LogP contribution in [0.15, 0.2) is 35.0 Å². The van der Waals surface area contributed by atoms with E-state index in [1.165, 1.54) is 0 Å². The highest BCUT2D eigenvalue weighted by Crippen LogP contribution is 2.35. The minimum atomic E-state index is -1.41. The average Bonchev–Trinajstić information content (AvgIpc) is 2.95. The number of aromatic nitrogens is 2. The average molecular weight is 318 g/mol. The maximum atomic E-state index is 15.0. The van der Waals surface area contributed by atoms with Gasteiger partial charge in [0.25, 0.3) is 0 Å². The molecule has 0 aliphatic carbocycles. The van der Waals surface area contributed by atoms with Gasteiger partial charge in [-0.1, -0.05) is 11.2 Å². The predicted molar refractivity (Wildman–Crippen MR) is 82.6 cm³/mol. The Bertz CT molecular complexity index is 666. The normalized spacial score (nSPS) is 17.8. The Hall–Kier alpha value is -2.28. The number of rotatable bonds is 4. The van der Waals surface area contributed by atoms with Crippen molar-refractivity contribution in [1.82, 2.24) is 15.0 Å². The van der Waals surface area contributed by atoms with Crippen molar-refractivity contribution in [3.8, 4) is 0 Å². The molecule has 0 spiro atoms. The van der Waals surface area contributed by atoms with E-state index in [1.807, 2.05) is 4.90 Å². The molecule has 0 atom stereocenters. The summed E-state index contributed by atoms with van der Waals surface area (Å²) >= 11 is 0. The molecule has 6 nitrogen and oxygen atoms in total. The van der Waals surface area contributed by atoms with E-state index in [-0.39, 0.29) is 12.5 Å². The zero-order chi connectivity index (χ0) is 16.3. The predicted octanol–water partition coefficient (Wildman–Crippen LogP) is 2.28. The summed E-state index contributed by atoms with van der Waals surface area (Å²) in [6, 6.07) is 6.94. The van der Waals surface area contributed by atoms with Crippen molar-refractivity contribution >= 4 is 11.7 Å². The molecule has 23 heavy (non-hydrogen) atoms. The van der Waals surface area contributed by atoms with E-state index in [9.17, 15) is 9.18 Å². The van der Waals surface area contributed by atoms with Crippen LogP contribution in [0, 0.1) is 6.92 Å². The molecule has 122 valence electrons. The van der Waals surface area contributed by atoms with E-state index >= 15 is 0 Å². The number of piperidine rings is 1. The molecular weight excluding hydrogens is 299 g/mol. The van der Waals surface area contributed by atoms with Crippen molar-refractivity contribution in [3.63, 3.8) is 0 Å². The fourth-order valence-corrected chi connectivity index (χ4v) is 2.76. The molecule has 0 unspecified atom stereocenters. The molecule has 2 aromatic rings. The Kier molecular flexibility index (Phi) is 4.38. The van der Waals surface area contributed by atoms with Crippen LogP contribution in [0.5, 0.6) is 0 Å². The summed E-state index contributed by atoms with van der Waals surface area (Å²) in [5, 5.41) is 6.39. The van der Waals surface area contributed by atoms with Gasteiger partial charge in [0, 0.05) is 25.4 Å². The number of halogens is 1. The second kappa shape index (κ2) is 6.45. The molecule has 0 aromatic carbocycles. The molecule has 1 N–H and O–H groups in total. The SMILES string of the molecule is Cc1cc(NC(=O)CN2CCC(F)(c3ccccn3)CC2)no1. The molecule has 3 rings (SSSR count). The number of aryl methyl sites for hydroxylation is 1. The first-order valence-corrected chi connectivity index (χ1v) is 7.61. The number of likely N-dealkylation sites (tertiary alicyclic amines) is 1. The third-order valence-corrected chi connectivity index (χ3v) is 4.04. The number of nitrogens with zero attached hydrogens (tertiary/aromatic N) is 3. The summed E-state index contributed by atoms with van der Waals surface area (Å²) in [4.78, 5) is 18.0. The number of hydrogen-bond donors (Lipinski definition) is 1. The van der Waals surface area contributed by atoms with Crippen LogP contribution in [0.25, 0.3) is 0 Å². The fraction of sp³-hybridized carbons (Fsp3) is 0.438. The Morgan fingerprint density at radius 1 is 1.43 bits per heavy atom. The Morgan fingerprint density at radius 2 is 2.22 bits per heavy atom. The maximum Gasteiger partial charge on any atom is 0.239 e. The lowest BCUT2D eigenvalue weighted by Gasteiger charge is -2.35. The maximum absolute atomic E-state index is 15.0. The Labute approximate surface area is 133 Å². The number of nitrogens with one attached hydrogen (secondary N) is 1. The lowest BCUT2D eigenvalue weighted by molar-refractivity contribution is -0.118. The van der Waals surface area contributed by atoms with Crippen LogP contribution in [0.3, 0.4) is 0 Å². The highest BCUT2D eigenvalue weighted by Gasteiger charge is 2.37. The van der Waals surface area contributed by atoms with Gasteiger partial charge < -0.3 is 9.84 Å². The van der Waals surface area contributed by atoms with E-state index in [1.54, 1.807) is 37.4 Å². The van der Waals surface area contributed by atoms with E-state index in [0.29, 0.717) is 43.2 Å². The molecular formula is C16H19FN4O2. The van der Waals surface area contributed by atoms with Crippen LogP contribution in [-0.4, -0.2) is 40.6 Å². The van der Waals surface area contributed by atoms with Crippen molar-refractivity contribution in [1.29, 1.82) is 0 Å². The lowest BCUT2D eigenvalue weighted by atomic mass is 9.89. The van der Waals surface area contributed by atoms with Gasteiger partial charge in [-0.2, -0.15) is 0 Å². The van der Waals surface area contributed by atoms with Crippen LogP contribution < -0.4 is 5.32 Å². The first-order chi connectivity index (χ1) is 11.0. The van der Waals surface area contributed by atoms with Gasteiger partial charge in [0.1, 0.15) is 5.76 Å². The number of alkyl halides is 1. The van der Waals surface area contributed by atoms with Crippen LogP contribution >= 0.6 is 0 Å². The molecule has 1 fully saturated rings. The van der Waals surface area contributed by atoms with Gasteiger partial charge in [0.2, 0.25) is 5.91 Å².